The van der Waals surface area contributed by atoms with E-state index in [2.05, 4.69) is 0 Å². The summed E-state index contributed by atoms with van der Waals surface area (Å²) in [7, 11) is -3.28. The number of hydrogen-bond acceptors (Lipinski definition) is 4. The smallest absolute Gasteiger partial charge is 0.222 e. The van der Waals surface area contributed by atoms with Crippen LogP contribution in [-0.2, 0) is 21.1 Å². The second kappa shape index (κ2) is 8.76. The Hall–Kier alpha value is -2.41. The topological polar surface area (TPSA) is 63.7 Å². The Bertz CT molecular complexity index is 997. The van der Waals surface area contributed by atoms with Gasteiger partial charge in [-0.15, -0.1) is 0 Å². The summed E-state index contributed by atoms with van der Waals surface area (Å²) in [5, 5.41) is -0.492. The number of likely N-dealkylation sites (tertiary alicyclic amines) is 1. The van der Waals surface area contributed by atoms with Gasteiger partial charge in [0.2, 0.25) is 5.91 Å². The van der Waals surface area contributed by atoms with Crippen LogP contribution in [0.25, 0.3) is 0 Å². The van der Waals surface area contributed by atoms with E-state index in [0.717, 1.165) is 5.56 Å². The van der Waals surface area contributed by atoms with Crippen LogP contribution in [0.3, 0.4) is 0 Å². The Morgan fingerprint density at radius 3 is 2.50 bits per heavy atom. The molecule has 1 saturated heterocycles. The van der Waals surface area contributed by atoms with E-state index in [0.29, 0.717) is 37.3 Å². The first kappa shape index (κ1) is 22.3. The minimum absolute atomic E-state index is 0.0357. The molecule has 1 fully saturated rings. The van der Waals surface area contributed by atoms with Gasteiger partial charge in [0.1, 0.15) is 17.3 Å². The van der Waals surface area contributed by atoms with Crippen LogP contribution in [0.1, 0.15) is 39.2 Å². The van der Waals surface area contributed by atoms with E-state index < -0.39 is 19.8 Å². The number of benzene rings is 2. The van der Waals surface area contributed by atoms with Gasteiger partial charge < -0.3 is 9.64 Å². The minimum Gasteiger partial charge on any atom is -0.457 e. The maximum absolute atomic E-state index is 13.0. The molecule has 1 aliphatic rings. The van der Waals surface area contributed by atoms with E-state index in [4.69, 9.17) is 4.74 Å². The van der Waals surface area contributed by atoms with Crippen molar-refractivity contribution < 1.29 is 22.3 Å². The third kappa shape index (κ3) is 5.19. The molecule has 0 bridgehead atoms. The van der Waals surface area contributed by atoms with Gasteiger partial charge in [-0.1, -0.05) is 12.1 Å². The van der Waals surface area contributed by atoms with E-state index in [1.54, 1.807) is 43.9 Å². The summed E-state index contributed by atoms with van der Waals surface area (Å²) in [5.74, 6) is 0.789. The van der Waals surface area contributed by atoms with Crippen molar-refractivity contribution in [3.05, 3.63) is 59.9 Å². The Balaban J connectivity index is 1.56. The highest BCUT2D eigenvalue weighted by atomic mass is 32.2. The fourth-order valence-electron chi connectivity index (χ4n) is 3.52. The van der Waals surface area contributed by atoms with Crippen molar-refractivity contribution in [2.24, 2.45) is 0 Å². The lowest BCUT2D eigenvalue weighted by molar-refractivity contribution is -0.130. The first-order valence-electron chi connectivity index (χ1n) is 10.1. The van der Waals surface area contributed by atoms with Gasteiger partial charge in [-0.3, -0.25) is 4.79 Å². The van der Waals surface area contributed by atoms with Crippen LogP contribution in [0.4, 0.5) is 4.39 Å². The molecule has 1 aliphatic heterocycles. The van der Waals surface area contributed by atoms with Crippen LogP contribution >= 0.6 is 0 Å². The number of nitrogens with zero attached hydrogens (tertiary/aromatic N) is 1. The second-order valence-electron chi connectivity index (χ2n) is 8.61. The molecule has 0 saturated carbocycles. The maximum atomic E-state index is 13.0. The fourth-order valence-corrected chi connectivity index (χ4v) is 5.31. The van der Waals surface area contributed by atoms with Crippen LogP contribution in [0.5, 0.6) is 11.5 Å². The summed E-state index contributed by atoms with van der Waals surface area (Å²) < 4.78 is 43.2. The molecule has 30 heavy (non-hydrogen) atoms. The van der Waals surface area contributed by atoms with Crippen molar-refractivity contribution in [3.8, 4) is 11.5 Å². The van der Waals surface area contributed by atoms with Crippen LogP contribution in [0, 0.1) is 5.82 Å². The van der Waals surface area contributed by atoms with Gasteiger partial charge in [0.05, 0.1) is 10.00 Å². The Kier molecular flexibility index (Phi) is 6.50. The van der Waals surface area contributed by atoms with E-state index >= 15 is 0 Å². The molecular weight excluding hydrogens is 405 g/mol. The summed E-state index contributed by atoms with van der Waals surface area (Å²) in [5.41, 5.74) is 0.945. The molecule has 0 N–H and O–H groups in total. The van der Waals surface area contributed by atoms with E-state index in [-0.39, 0.29) is 18.3 Å². The normalized spacial score (nSPS) is 17.2. The fraction of sp³-hybridized carbons (Fsp3) is 0.435. The highest BCUT2D eigenvalue weighted by Crippen LogP contribution is 2.28. The van der Waals surface area contributed by atoms with Crippen molar-refractivity contribution in [2.75, 3.05) is 13.1 Å². The number of amides is 1. The number of ether oxygens (including phenoxy) is 1. The zero-order chi connectivity index (χ0) is 21.9. The highest BCUT2D eigenvalue weighted by molar-refractivity contribution is 7.93. The molecule has 0 radical (unpaired) electrons. The zero-order valence-electron chi connectivity index (χ0n) is 17.6. The Morgan fingerprint density at radius 1 is 1.13 bits per heavy atom. The van der Waals surface area contributed by atoms with Gasteiger partial charge in [0.15, 0.2) is 9.84 Å². The summed E-state index contributed by atoms with van der Waals surface area (Å²) in [6.07, 6.45) is 1.33. The number of sulfone groups is 1. The third-order valence-electron chi connectivity index (χ3n) is 5.37. The lowest BCUT2D eigenvalue weighted by Gasteiger charge is -2.24. The lowest BCUT2D eigenvalue weighted by Crippen LogP contribution is -2.39. The van der Waals surface area contributed by atoms with E-state index in [1.807, 2.05) is 18.2 Å². The summed E-state index contributed by atoms with van der Waals surface area (Å²) in [6.45, 7) is 5.86. The number of aryl methyl sites for hydroxylation is 1. The van der Waals surface area contributed by atoms with Gasteiger partial charge in [-0.2, -0.15) is 0 Å². The molecule has 0 spiro atoms. The standard InChI is InChI=1S/C23H28FNO4S/c1-23(2,3)30(27,28)21-13-14-25(16-21)22(26)12-7-17-5-4-6-20(15-17)29-19-10-8-18(24)9-11-19/h4-6,8-11,15,21H,7,12-14,16H2,1-3H3/t21-/m0/s1. The molecule has 0 unspecified atom stereocenters. The van der Waals surface area contributed by atoms with Gasteiger partial charge in [0, 0.05) is 19.5 Å². The molecule has 1 heterocycles. The molecule has 5 nitrogen and oxygen atoms in total. The van der Waals surface area contributed by atoms with Crippen LogP contribution < -0.4 is 4.74 Å². The average Bonchev–Trinajstić information content (AvgIpc) is 3.18. The molecule has 1 amide bonds. The molecule has 3 rings (SSSR count). The minimum atomic E-state index is -3.28. The zero-order valence-corrected chi connectivity index (χ0v) is 18.4. The molecule has 0 aromatic heterocycles. The quantitative estimate of drug-likeness (QED) is 0.679. The number of carbonyl (C=O) groups excluding carboxylic acids is 1. The molecular formula is C23H28FNO4S. The molecule has 2 aromatic carbocycles. The summed E-state index contributed by atoms with van der Waals surface area (Å²) >= 11 is 0. The number of carbonyl (C=O) groups is 1. The third-order valence-corrected chi connectivity index (χ3v) is 8.33. The summed E-state index contributed by atoms with van der Waals surface area (Å²) in [4.78, 5) is 14.3. The Morgan fingerprint density at radius 2 is 1.83 bits per heavy atom. The number of hydrogen-bond donors (Lipinski definition) is 0. The highest BCUT2D eigenvalue weighted by Gasteiger charge is 2.41. The molecule has 0 aliphatic carbocycles. The van der Waals surface area contributed by atoms with Crippen molar-refractivity contribution in [2.45, 2.75) is 50.0 Å². The molecule has 2 aromatic rings. The van der Waals surface area contributed by atoms with Crippen molar-refractivity contribution in [3.63, 3.8) is 0 Å². The molecule has 1 atom stereocenters. The van der Waals surface area contributed by atoms with Crippen LogP contribution in [-0.4, -0.2) is 42.3 Å². The van der Waals surface area contributed by atoms with E-state index in [1.165, 1.54) is 12.1 Å². The maximum Gasteiger partial charge on any atom is 0.222 e. The SMILES string of the molecule is CC(C)(C)S(=O)(=O)[C@H]1CCN(C(=O)CCc2cccc(Oc3ccc(F)cc3)c2)C1. The molecule has 7 heteroatoms. The first-order chi connectivity index (χ1) is 14.1. The average molecular weight is 434 g/mol. The van der Waals surface area contributed by atoms with Crippen molar-refractivity contribution >= 4 is 15.7 Å². The van der Waals surface area contributed by atoms with Crippen molar-refractivity contribution in [1.82, 2.24) is 4.90 Å². The van der Waals surface area contributed by atoms with Gasteiger partial charge in [-0.05, 0) is 75.6 Å². The number of halogens is 1. The Labute approximate surface area is 177 Å². The van der Waals surface area contributed by atoms with E-state index in [9.17, 15) is 17.6 Å². The van der Waals surface area contributed by atoms with Crippen LogP contribution in [0.2, 0.25) is 0 Å². The van der Waals surface area contributed by atoms with Crippen LogP contribution in [0.15, 0.2) is 48.5 Å². The van der Waals surface area contributed by atoms with Gasteiger partial charge >= 0.3 is 0 Å². The summed E-state index contributed by atoms with van der Waals surface area (Å²) in [6, 6.07) is 13.2. The first-order valence-corrected chi connectivity index (χ1v) is 11.6. The van der Waals surface area contributed by atoms with Gasteiger partial charge in [-0.25, -0.2) is 12.8 Å². The van der Waals surface area contributed by atoms with Gasteiger partial charge in [0.25, 0.3) is 0 Å². The second-order valence-corrected chi connectivity index (χ2v) is 11.6. The monoisotopic (exact) mass is 433 g/mol. The lowest BCUT2D eigenvalue weighted by atomic mass is 10.1. The predicted molar refractivity (Wildman–Crippen MR) is 115 cm³/mol. The largest absolute Gasteiger partial charge is 0.457 e. The predicted octanol–water partition coefficient (Wildman–Crippen LogP) is 4.36. The molecule has 162 valence electrons. The van der Waals surface area contributed by atoms with Crippen molar-refractivity contribution in [1.29, 1.82) is 0 Å². The number of rotatable bonds is 6.